The maximum Gasteiger partial charge on any atom is 0.270 e. The molecule has 0 aromatic carbocycles. The Kier molecular flexibility index (Phi) is 5.02. The van der Waals surface area contributed by atoms with Gasteiger partial charge in [-0.25, -0.2) is 4.98 Å². The quantitative estimate of drug-likeness (QED) is 0.832. The molecule has 106 valence electrons. The maximum atomic E-state index is 12.1. The Labute approximate surface area is 123 Å². The molecule has 0 spiro atoms. The molecule has 0 bridgehead atoms. The van der Waals surface area contributed by atoms with Crippen LogP contribution in [0.15, 0.2) is 42.9 Å². The zero-order valence-corrected chi connectivity index (χ0v) is 11.6. The lowest BCUT2D eigenvalue weighted by molar-refractivity contribution is 0.0935. The fourth-order valence-electron chi connectivity index (χ4n) is 1.75. The van der Waals surface area contributed by atoms with E-state index in [0.29, 0.717) is 11.3 Å². The molecule has 2 aromatic heterocycles. The van der Waals surface area contributed by atoms with Crippen molar-refractivity contribution >= 4 is 5.91 Å². The second kappa shape index (κ2) is 7.17. The van der Waals surface area contributed by atoms with E-state index in [0.717, 1.165) is 5.56 Å². The number of pyridine rings is 2. The predicted molar refractivity (Wildman–Crippen MR) is 78.3 cm³/mol. The number of hydrogen-bond acceptors (Lipinski definition) is 4. The lowest BCUT2D eigenvalue weighted by Crippen LogP contribution is -2.27. The minimum absolute atomic E-state index is 0.129. The van der Waals surface area contributed by atoms with Gasteiger partial charge < -0.3 is 10.4 Å². The molecule has 0 radical (unpaired) electrons. The molecule has 21 heavy (non-hydrogen) atoms. The van der Waals surface area contributed by atoms with Crippen molar-refractivity contribution in [3.05, 3.63) is 59.7 Å². The van der Waals surface area contributed by atoms with Crippen LogP contribution in [0.1, 0.15) is 34.6 Å². The van der Waals surface area contributed by atoms with Crippen molar-refractivity contribution in [2.45, 2.75) is 13.0 Å². The number of aromatic nitrogens is 2. The highest BCUT2D eigenvalue weighted by atomic mass is 16.2. The van der Waals surface area contributed by atoms with Crippen molar-refractivity contribution in [1.82, 2.24) is 15.3 Å². The van der Waals surface area contributed by atoms with E-state index in [-0.39, 0.29) is 18.6 Å². The van der Waals surface area contributed by atoms with Crippen molar-refractivity contribution in [1.29, 1.82) is 0 Å². The van der Waals surface area contributed by atoms with Crippen molar-refractivity contribution in [2.24, 2.45) is 0 Å². The van der Waals surface area contributed by atoms with E-state index < -0.39 is 0 Å². The molecule has 2 N–H and O–H groups in total. The number of rotatable bonds is 3. The van der Waals surface area contributed by atoms with Gasteiger partial charge in [-0.1, -0.05) is 11.8 Å². The molecule has 2 rings (SSSR count). The number of hydrogen-bond donors (Lipinski definition) is 2. The average molecular weight is 281 g/mol. The molecule has 1 unspecified atom stereocenters. The van der Waals surface area contributed by atoms with Crippen molar-refractivity contribution < 1.29 is 9.90 Å². The van der Waals surface area contributed by atoms with Crippen LogP contribution in [0.3, 0.4) is 0 Å². The van der Waals surface area contributed by atoms with Gasteiger partial charge in [-0.05, 0) is 36.8 Å². The Morgan fingerprint density at radius 2 is 2.10 bits per heavy atom. The molecule has 5 nitrogen and oxygen atoms in total. The molecule has 0 saturated carbocycles. The summed E-state index contributed by atoms with van der Waals surface area (Å²) >= 11 is 0. The van der Waals surface area contributed by atoms with Gasteiger partial charge in [-0.3, -0.25) is 9.78 Å². The monoisotopic (exact) mass is 281 g/mol. The lowest BCUT2D eigenvalue weighted by atomic mass is 10.1. The van der Waals surface area contributed by atoms with Crippen molar-refractivity contribution in [3.8, 4) is 11.8 Å². The van der Waals surface area contributed by atoms with Gasteiger partial charge in [0.2, 0.25) is 0 Å². The molecule has 1 atom stereocenters. The first-order valence-corrected chi connectivity index (χ1v) is 6.47. The largest absolute Gasteiger partial charge is 0.384 e. The van der Waals surface area contributed by atoms with Crippen LogP contribution in [0.4, 0.5) is 0 Å². The third kappa shape index (κ3) is 4.13. The summed E-state index contributed by atoms with van der Waals surface area (Å²) in [5.74, 6) is 5.00. The van der Waals surface area contributed by atoms with Gasteiger partial charge in [-0.2, -0.15) is 0 Å². The molecule has 5 heteroatoms. The number of carbonyl (C=O) groups excluding carboxylic acids is 1. The summed E-state index contributed by atoms with van der Waals surface area (Å²) in [6, 6.07) is 6.88. The Morgan fingerprint density at radius 1 is 1.33 bits per heavy atom. The van der Waals surface area contributed by atoms with E-state index in [1.54, 1.807) is 24.5 Å². The maximum absolute atomic E-state index is 12.1. The first-order valence-electron chi connectivity index (χ1n) is 6.47. The molecule has 2 heterocycles. The van der Waals surface area contributed by atoms with E-state index in [2.05, 4.69) is 27.1 Å². The highest BCUT2D eigenvalue weighted by Crippen LogP contribution is 2.11. The van der Waals surface area contributed by atoms with Crippen LogP contribution in [0.25, 0.3) is 0 Å². The van der Waals surface area contributed by atoms with E-state index in [9.17, 15) is 4.79 Å². The molecule has 0 aliphatic heterocycles. The highest BCUT2D eigenvalue weighted by molar-refractivity contribution is 5.92. The van der Waals surface area contributed by atoms with Gasteiger partial charge in [0, 0.05) is 24.2 Å². The van der Waals surface area contributed by atoms with Gasteiger partial charge in [-0.15, -0.1) is 0 Å². The normalized spacial score (nSPS) is 11.1. The number of carbonyl (C=O) groups is 1. The lowest BCUT2D eigenvalue weighted by Gasteiger charge is -2.13. The minimum Gasteiger partial charge on any atom is -0.384 e. The summed E-state index contributed by atoms with van der Waals surface area (Å²) in [6.07, 6.45) is 4.88. The summed E-state index contributed by atoms with van der Waals surface area (Å²) < 4.78 is 0. The number of nitrogens with one attached hydrogen (secondary N) is 1. The van der Waals surface area contributed by atoms with Crippen LogP contribution in [0.5, 0.6) is 0 Å². The molecule has 0 fully saturated rings. The van der Waals surface area contributed by atoms with Crippen LogP contribution in [0, 0.1) is 11.8 Å². The van der Waals surface area contributed by atoms with Crippen LogP contribution in [-0.4, -0.2) is 27.6 Å². The van der Waals surface area contributed by atoms with Crippen LogP contribution >= 0.6 is 0 Å². The second-order valence-corrected chi connectivity index (χ2v) is 4.37. The van der Waals surface area contributed by atoms with Crippen LogP contribution < -0.4 is 5.32 Å². The molecule has 1 amide bonds. The zero-order chi connectivity index (χ0) is 15.1. The predicted octanol–water partition coefficient (Wildman–Crippen LogP) is 1.31. The number of aliphatic hydroxyl groups is 1. The fraction of sp³-hybridized carbons (Fsp3) is 0.188. The van der Waals surface area contributed by atoms with Gasteiger partial charge in [0.05, 0.1) is 6.04 Å². The molecular weight excluding hydrogens is 266 g/mol. The number of nitrogens with zero attached hydrogens (tertiary/aromatic N) is 2. The van der Waals surface area contributed by atoms with Crippen molar-refractivity contribution in [2.75, 3.05) is 6.61 Å². The zero-order valence-electron chi connectivity index (χ0n) is 11.6. The van der Waals surface area contributed by atoms with Crippen molar-refractivity contribution in [3.63, 3.8) is 0 Å². The summed E-state index contributed by atoms with van der Waals surface area (Å²) in [6.45, 7) is 1.69. The number of amides is 1. The SMILES string of the molecule is CC(NC(=O)c1ccc(C#CCO)cn1)c1ccncc1. The Morgan fingerprint density at radius 3 is 2.71 bits per heavy atom. The molecule has 0 saturated heterocycles. The summed E-state index contributed by atoms with van der Waals surface area (Å²) in [5, 5.41) is 11.5. The second-order valence-electron chi connectivity index (χ2n) is 4.37. The average Bonchev–Trinajstić information content (AvgIpc) is 2.54. The van der Waals surface area contributed by atoms with E-state index in [1.165, 1.54) is 6.20 Å². The third-order valence-electron chi connectivity index (χ3n) is 2.86. The Balaban J connectivity index is 2.03. The fourth-order valence-corrected chi connectivity index (χ4v) is 1.75. The first-order chi connectivity index (χ1) is 10.2. The smallest absolute Gasteiger partial charge is 0.270 e. The topological polar surface area (TPSA) is 75.1 Å². The van der Waals surface area contributed by atoms with Gasteiger partial charge in [0.15, 0.2) is 0 Å². The Bertz CT molecular complexity index is 657. The highest BCUT2D eigenvalue weighted by Gasteiger charge is 2.12. The number of aliphatic hydroxyl groups excluding tert-OH is 1. The third-order valence-corrected chi connectivity index (χ3v) is 2.86. The van der Waals surface area contributed by atoms with Gasteiger partial charge in [0.1, 0.15) is 12.3 Å². The van der Waals surface area contributed by atoms with Crippen LogP contribution in [-0.2, 0) is 0 Å². The van der Waals surface area contributed by atoms with E-state index in [1.807, 2.05) is 19.1 Å². The van der Waals surface area contributed by atoms with Gasteiger partial charge >= 0.3 is 0 Å². The minimum atomic E-state index is -0.249. The summed E-state index contributed by atoms with van der Waals surface area (Å²) in [4.78, 5) is 20.1. The summed E-state index contributed by atoms with van der Waals surface area (Å²) in [5.41, 5.74) is 1.96. The van der Waals surface area contributed by atoms with Crippen LogP contribution in [0.2, 0.25) is 0 Å². The molecule has 0 aliphatic carbocycles. The van der Waals surface area contributed by atoms with Gasteiger partial charge in [0.25, 0.3) is 5.91 Å². The van der Waals surface area contributed by atoms with E-state index >= 15 is 0 Å². The standard InChI is InChI=1S/C16H15N3O2/c1-12(14-6-8-17-9-7-14)19-16(21)15-5-4-13(11-18-15)3-2-10-20/h4-9,11-12,20H,10H2,1H3,(H,19,21). The van der Waals surface area contributed by atoms with E-state index in [4.69, 9.17) is 5.11 Å². The Hall–Kier alpha value is -2.71. The molecule has 2 aromatic rings. The first kappa shape index (κ1) is 14.7. The summed E-state index contributed by atoms with van der Waals surface area (Å²) in [7, 11) is 0. The molecular formula is C16H15N3O2. The molecule has 0 aliphatic rings.